The number of anilines is 1. The highest BCUT2D eigenvalue weighted by Gasteiger charge is 2.25. The van der Waals surface area contributed by atoms with Crippen molar-refractivity contribution in [2.24, 2.45) is 0 Å². The maximum atomic E-state index is 13.6. The van der Waals surface area contributed by atoms with E-state index in [0.717, 1.165) is 33.5 Å². The highest BCUT2D eigenvalue weighted by Crippen LogP contribution is 2.29. The first kappa shape index (κ1) is 25.1. The van der Waals surface area contributed by atoms with Crippen molar-refractivity contribution in [1.29, 1.82) is 0 Å². The summed E-state index contributed by atoms with van der Waals surface area (Å²) in [6, 6.07) is 16.7. The van der Waals surface area contributed by atoms with Gasteiger partial charge in [-0.15, -0.1) is 11.3 Å². The van der Waals surface area contributed by atoms with E-state index in [1.807, 2.05) is 55.5 Å². The molecule has 0 atom stereocenters. The van der Waals surface area contributed by atoms with Gasteiger partial charge in [0, 0.05) is 19.8 Å². The van der Waals surface area contributed by atoms with Crippen LogP contribution in [0, 0.1) is 6.92 Å². The van der Waals surface area contributed by atoms with Crippen molar-refractivity contribution < 1.29 is 9.59 Å². The number of hydrogen-bond acceptors (Lipinski definition) is 5. The fraction of sp³-hybridized carbons (Fsp3) is 0.259. The number of benzene rings is 2. The van der Waals surface area contributed by atoms with Gasteiger partial charge in [-0.3, -0.25) is 23.5 Å². The molecular weight excluding hydrogens is 476 g/mol. The van der Waals surface area contributed by atoms with E-state index >= 15 is 0 Å². The summed E-state index contributed by atoms with van der Waals surface area (Å²) < 4.78 is 2.43. The van der Waals surface area contributed by atoms with Crippen molar-refractivity contribution in [3.63, 3.8) is 0 Å². The van der Waals surface area contributed by atoms with Gasteiger partial charge >= 0.3 is 5.69 Å². The van der Waals surface area contributed by atoms with Crippen LogP contribution in [0.2, 0.25) is 0 Å². The van der Waals surface area contributed by atoms with E-state index in [0.29, 0.717) is 21.0 Å². The van der Waals surface area contributed by atoms with Gasteiger partial charge in [0.25, 0.3) is 11.5 Å². The molecule has 0 saturated heterocycles. The van der Waals surface area contributed by atoms with Crippen LogP contribution in [0.5, 0.6) is 0 Å². The first-order chi connectivity index (χ1) is 17.2. The Morgan fingerprint density at radius 1 is 0.972 bits per heavy atom. The van der Waals surface area contributed by atoms with Crippen molar-refractivity contribution in [3.8, 4) is 0 Å². The first-order valence-corrected chi connectivity index (χ1v) is 12.4. The summed E-state index contributed by atoms with van der Waals surface area (Å²) in [5.41, 5.74) is 1.92. The summed E-state index contributed by atoms with van der Waals surface area (Å²) in [4.78, 5) is 55.0. The fourth-order valence-corrected chi connectivity index (χ4v) is 5.37. The second-order valence-electron chi connectivity index (χ2n) is 8.78. The summed E-state index contributed by atoms with van der Waals surface area (Å²) in [5, 5.41) is 3.13. The molecule has 0 aliphatic carbocycles. The number of hydrogen-bond donors (Lipinski definition) is 1. The molecule has 0 radical (unpaired) electrons. The normalized spacial score (nSPS) is 11.0. The van der Waals surface area contributed by atoms with Crippen LogP contribution < -0.4 is 16.6 Å². The molecule has 186 valence electrons. The van der Waals surface area contributed by atoms with Gasteiger partial charge in [0.15, 0.2) is 0 Å². The van der Waals surface area contributed by atoms with Crippen molar-refractivity contribution in [3.05, 3.63) is 97.0 Å². The topological polar surface area (TPSA) is 93.4 Å². The van der Waals surface area contributed by atoms with E-state index in [9.17, 15) is 19.2 Å². The molecule has 0 unspecified atom stereocenters. The Hall–Kier alpha value is -3.98. The second kappa shape index (κ2) is 10.3. The van der Waals surface area contributed by atoms with Crippen LogP contribution in [-0.2, 0) is 24.3 Å². The van der Waals surface area contributed by atoms with Gasteiger partial charge < -0.3 is 10.2 Å². The average molecular weight is 505 g/mol. The molecule has 2 amide bonds. The SMILES string of the molecule is CCc1cccc(NC(=O)Cn2c(=O)n(Cc3ccccc3)c(=O)c3c(C)c(C(=O)N(C)C)sc32)c1. The third-order valence-corrected chi connectivity index (χ3v) is 7.30. The van der Waals surface area contributed by atoms with E-state index in [4.69, 9.17) is 0 Å². The molecule has 0 saturated carbocycles. The van der Waals surface area contributed by atoms with Crippen LogP contribution in [0.25, 0.3) is 10.2 Å². The van der Waals surface area contributed by atoms with Crippen molar-refractivity contribution in [1.82, 2.24) is 14.0 Å². The summed E-state index contributed by atoms with van der Waals surface area (Å²) in [5.74, 6) is -0.661. The largest absolute Gasteiger partial charge is 0.344 e. The molecule has 0 aliphatic heterocycles. The maximum Gasteiger partial charge on any atom is 0.332 e. The molecule has 2 aromatic heterocycles. The molecule has 2 aromatic carbocycles. The lowest BCUT2D eigenvalue weighted by Gasteiger charge is -2.13. The Morgan fingerprint density at radius 2 is 1.67 bits per heavy atom. The summed E-state index contributed by atoms with van der Waals surface area (Å²) in [6.07, 6.45) is 0.825. The number of nitrogens with one attached hydrogen (secondary N) is 1. The van der Waals surface area contributed by atoms with Gasteiger partial charge in [-0.05, 0) is 42.2 Å². The Kier molecular flexibility index (Phi) is 7.21. The number of aromatic nitrogens is 2. The Labute approximate surface area is 212 Å². The minimum absolute atomic E-state index is 0.0564. The van der Waals surface area contributed by atoms with Crippen LogP contribution >= 0.6 is 11.3 Å². The number of aryl methyl sites for hydroxylation is 2. The third-order valence-electron chi connectivity index (χ3n) is 6.00. The number of amides is 2. The zero-order valence-corrected chi connectivity index (χ0v) is 21.5. The lowest BCUT2D eigenvalue weighted by molar-refractivity contribution is -0.116. The van der Waals surface area contributed by atoms with Crippen molar-refractivity contribution >= 4 is 39.1 Å². The highest BCUT2D eigenvalue weighted by molar-refractivity contribution is 7.20. The molecule has 1 N–H and O–H groups in total. The Balaban J connectivity index is 1.85. The molecule has 9 heteroatoms. The predicted molar refractivity (Wildman–Crippen MR) is 143 cm³/mol. The number of fused-ring (bicyclic) bond motifs is 1. The van der Waals surface area contributed by atoms with Crippen LogP contribution in [-0.4, -0.2) is 39.9 Å². The zero-order valence-electron chi connectivity index (χ0n) is 20.7. The number of nitrogens with zero attached hydrogens (tertiary/aromatic N) is 3. The summed E-state index contributed by atoms with van der Waals surface area (Å²) >= 11 is 1.06. The number of carbonyl (C=O) groups is 2. The van der Waals surface area contributed by atoms with Gasteiger partial charge in [0.05, 0.1) is 16.8 Å². The minimum Gasteiger partial charge on any atom is -0.344 e. The predicted octanol–water partition coefficient (Wildman–Crippen LogP) is 3.48. The van der Waals surface area contributed by atoms with Crippen molar-refractivity contribution in [2.45, 2.75) is 33.4 Å². The van der Waals surface area contributed by atoms with Gasteiger partial charge in [-0.1, -0.05) is 49.4 Å². The van der Waals surface area contributed by atoms with E-state index in [2.05, 4.69) is 5.32 Å². The molecule has 4 rings (SSSR count). The molecule has 0 spiro atoms. The smallest absolute Gasteiger partial charge is 0.332 e. The molecule has 36 heavy (non-hydrogen) atoms. The molecule has 4 aromatic rings. The highest BCUT2D eigenvalue weighted by atomic mass is 32.1. The van der Waals surface area contributed by atoms with Crippen LogP contribution in [0.3, 0.4) is 0 Å². The van der Waals surface area contributed by atoms with E-state index in [1.165, 1.54) is 9.47 Å². The molecular formula is C27H28N4O4S. The zero-order chi connectivity index (χ0) is 26.0. The van der Waals surface area contributed by atoms with Crippen molar-refractivity contribution in [2.75, 3.05) is 19.4 Å². The average Bonchev–Trinajstić information content (AvgIpc) is 3.21. The maximum absolute atomic E-state index is 13.6. The number of rotatable bonds is 7. The van der Waals surface area contributed by atoms with Crippen LogP contribution in [0.4, 0.5) is 5.69 Å². The van der Waals surface area contributed by atoms with E-state index < -0.39 is 17.2 Å². The summed E-state index contributed by atoms with van der Waals surface area (Å²) in [6.45, 7) is 3.49. The molecule has 2 heterocycles. The van der Waals surface area contributed by atoms with Gasteiger partial charge in [-0.2, -0.15) is 0 Å². The minimum atomic E-state index is -0.598. The van der Waals surface area contributed by atoms with Gasteiger partial charge in [-0.25, -0.2) is 4.79 Å². The van der Waals surface area contributed by atoms with E-state index in [-0.39, 0.29) is 24.4 Å². The monoisotopic (exact) mass is 504 g/mol. The summed E-state index contributed by atoms with van der Waals surface area (Å²) in [7, 11) is 3.26. The van der Waals surface area contributed by atoms with Crippen LogP contribution in [0.1, 0.15) is 33.3 Å². The molecule has 0 fully saturated rings. The van der Waals surface area contributed by atoms with Gasteiger partial charge in [0.2, 0.25) is 5.91 Å². The third kappa shape index (κ3) is 4.87. The Morgan fingerprint density at radius 3 is 2.33 bits per heavy atom. The quantitative estimate of drug-likeness (QED) is 0.417. The molecule has 0 bridgehead atoms. The lowest BCUT2D eigenvalue weighted by atomic mass is 10.1. The first-order valence-electron chi connectivity index (χ1n) is 11.6. The standard InChI is InChI=1S/C27H28N4O4S/c1-5-18-12-9-13-20(14-18)28-21(32)16-31-26-22(17(2)23(36-26)25(34)29(3)4)24(33)30(27(31)35)15-19-10-7-6-8-11-19/h6-14H,5,15-16H2,1-4H3,(H,28,32). The number of thiophene rings is 1. The second-order valence-corrected chi connectivity index (χ2v) is 9.78. The molecule has 0 aliphatic rings. The van der Waals surface area contributed by atoms with E-state index in [1.54, 1.807) is 27.1 Å². The van der Waals surface area contributed by atoms with Crippen LogP contribution in [0.15, 0.2) is 64.2 Å². The van der Waals surface area contributed by atoms with Gasteiger partial charge in [0.1, 0.15) is 11.4 Å². The fourth-order valence-electron chi connectivity index (χ4n) is 4.06. The molecule has 8 nitrogen and oxygen atoms in total. The lowest BCUT2D eigenvalue weighted by Crippen LogP contribution is -2.41. The number of carbonyl (C=O) groups excluding carboxylic acids is 2. The Bertz CT molecular complexity index is 1560.